The molecule has 2 saturated heterocycles. The number of rotatable bonds is 4. The summed E-state index contributed by atoms with van der Waals surface area (Å²) < 4.78 is 11.6. The number of ether oxygens (including phenoxy) is 2. The smallest absolute Gasteiger partial charge is 0.258 e. The van der Waals surface area contributed by atoms with Gasteiger partial charge in [-0.3, -0.25) is 4.79 Å². The van der Waals surface area contributed by atoms with Gasteiger partial charge in [-0.2, -0.15) is 0 Å². The molecule has 2 aliphatic rings. The molecule has 0 saturated carbocycles. The average molecular weight is 385 g/mol. The molecule has 146 valence electrons. The Morgan fingerprint density at radius 1 is 1.38 bits per heavy atom. The molecule has 2 aliphatic heterocycles. The van der Waals surface area contributed by atoms with E-state index in [4.69, 9.17) is 9.47 Å². The molecule has 2 atom stereocenters. The Labute approximate surface area is 161 Å². The lowest BCUT2D eigenvalue weighted by Crippen LogP contribution is -2.66. The maximum absolute atomic E-state index is 12.4. The normalized spacial score (nSPS) is 27.4. The van der Waals surface area contributed by atoms with Gasteiger partial charge in [0, 0.05) is 6.42 Å². The van der Waals surface area contributed by atoms with Gasteiger partial charge in [0.2, 0.25) is 0 Å². The maximum Gasteiger partial charge on any atom is 0.258 e. The zero-order chi connectivity index (χ0) is 17.9. The first kappa shape index (κ1) is 21.0. The predicted octanol–water partition coefficient (Wildman–Crippen LogP) is 1.57. The van der Waals surface area contributed by atoms with Crippen LogP contribution < -0.4 is 15.4 Å². The standard InChI is InChI=1S/C19H28N2O4.ClH/c1-14-5-3-4-6-15(14)24-12-17(23)21-18(2)13-19(25-11-16(18)22)7-9-20-10-8-19;/h3-6,16,20,22H,7-13H2,1-2H3,(H,21,23);1H/t16-,18-;/m0./s1. The number of benzene rings is 1. The van der Waals surface area contributed by atoms with Crippen LogP contribution in [0.3, 0.4) is 0 Å². The largest absolute Gasteiger partial charge is 0.484 e. The first-order valence-electron chi connectivity index (χ1n) is 8.95. The van der Waals surface area contributed by atoms with Gasteiger partial charge in [0.1, 0.15) is 11.9 Å². The molecule has 1 spiro atoms. The molecule has 0 aliphatic carbocycles. The highest BCUT2D eigenvalue weighted by Crippen LogP contribution is 2.38. The van der Waals surface area contributed by atoms with E-state index in [0.29, 0.717) is 12.2 Å². The van der Waals surface area contributed by atoms with Gasteiger partial charge in [-0.1, -0.05) is 18.2 Å². The van der Waals surface area contributed by atoms with Gasteiger partial charge in [0.15, 0.2) is 6.61 Å². The van der Waals surface area contributed by atoms with Crippen molar-refractivity contribution in [3.63, 3.8) is 0 Å². The third-order valence-electron chi connectivity index (χ3n) is 5.36. The van der Waals surface area contributed by atoms with Gasteiger partial charge >= 0.3 is 0 Å². The van der Waals surface area contributed by atoms with Crippen molar-refractivity contribution in [3.05, 3.63) is 29.8 Å². The van der Waals surface area contributed by atoms with E-state index in [1.165, 1.54) is 0 Å². The maximum atomic E-state index is 12.4. The highest BCUT2D eigenvalue weighted by molar-refractivity contribution is 5.85. The van der Waals surface area contributed by atoms with Crippen LogP contribution >= 0.6 is 12.4 Å². The number of aliphatic hydroxyl groups excluding tert-OH is 1. The van der Waals surface area contributed by atoms with Crippen LogP contribution in [0.1, 0.15) is 31.7 Å². The number of aliphatic hydroxyl groups is 1. The van der Waals surface area contributed by atoms with Gasteiger partial charge in [-0.05, 0) is 51.4 Å². The Morgan fingerprint density at radius 3 is 2.77 bits per heavy atom. The quantitative estimate of drug-likeness (QED) is 0.734. The number of carbonyl (C=O) groups excluding carboxylic acids is 1. The fourth-order valence-corrected chi connectivity index (χ4v) is 3.82. The molecule has 6 nitrogen and oxygen atoms in total. The number of hydrogen-bond donors (Lipinski definition) is 3. The van der Waals surface area contributed by atoms with Crippen LogP contribution in [0, 0.1) is 6.92 Å². The Kier molecular flexibility index (Phi) is 6.91. The summed E-state index contributed by atoms with van der Waals surface area (Å²) in [7, 11) is 0. The van der Waals surface area contributed by atoms with Crippen LogP contribution in [0.25, 0.3) is 0 Å². The molecular weight excluding hydrogens is 356 g/mol. The lowest BCUT2D eigenvalue weighted by atomic mass is 9.75. The van der Waals surface area contributed by atoms with E-state index in [9.17, 15) is 9.90 Å². The number of carbonyl (C=O) groups is 1. The minimum Gasteiger partial charge on any atom is -0.484 e. The first-order valence-corrected chi connectivity index (χ1v) is 8.95. The summed E-state index contributed by atoms with van der Waals surface area (Å²) in [5.41, 5.74) is 0.0202. The summed E-state index contributed by atoms with van der Waals surface area (Å²) in [5.74, 6) is 0.473. The van der Waals surface area contributed by atoms with Crippen molar-refractivity contribution in [2.45, 2.75) is 50.4 Å². The van der Waals surface area contributed by atoms with Crippen LogP contribution in [0.5, 0.6) is 5.75 Å². The van der Waals surface area contributed by atoms with E-state index >= 15 is 0 Å². The summed E-state index contributed by atoms with van der Waals surface area (Å²) in [5, 5.41) is 16.7. The zero-order valence-corrected chi connectivity index (χ0v) is 16.2. The van der Waals surface area contributed by atoms with Gasteiger partial charge in [0.05, 0.1) is 17.7 Å². The Hall–Kier alpha value is -1.34. The summed E-state index contributed by atoms with van der Waals surface area (Å²) in [6.45, 7) is 5.82. The topological polar surface area (TPSA) is 79.8 Å². The van der Waals surface area contributed by atoms with E-state index in [0.717, 1.165) is 31.5 Å². The SMILES string of the molecule is Cc1ccccc1OCC(=O)N[C@@]1(C)CC2(CCNCC2)OC[C@@H]1O.Cl. The molecule has 26 heavy (non-hydrogen) atoms. The fraction of sp³-hybridized carbons (Fsp3) is 0.632. The number of piperidine rings is 1. The van der Waals surface area contributed by atoms with Gasteiger partial charge in [0.25, 0.3) is 5.91 Å². The summed E-state index contributed by atoms with van der Waals surface area (Å²) in [6.07, 6.45) is 1.67. The van der Waals surface area contributed by atoms with E-state index in [1.54, 1.807) is 0 Å². The molecule has 3 N–H and O–H groups in total. The molecule has 2 fully saturated rings. The van der Waals surface area contributed by atoms with Crippen LogP contribution in [-0.4, -0.2) is 54.6 Å². The molecule has 1 aromatic carbocycles. The molecule has 2 heterocycles. The number of nitrogens with one attached hydrogen (secondary N) is 2. The van der Waals surface area contributed by atoms with Crippen LogP contribution in [-0.2, 0) is 9.53 Å². The van der Waals surface area contributed by atoms with E-state index < -0.39 is 11.6 Å². The van der Waals surface area contributed by atoms with Gasteiger partial charge in [-0.15, -0.1) is 12.4 Å². The molecular formula is C19H29ClN2O4. The minimum atomic E-state index is -0.726. The monoisotopic (exact) mass is 384 g/mol. The summed E-state index contributed by atoms with van der Waals surface area (Å²) in [6, 6.07) is 7.60. The van der Waals surface area contributed by atoms with Crippen molar-refractivity contribution < 1.29 is 19.4 Å². The molecule has 0 aromatic heterocycles. The first-order chi connectivity index (χ1) is 11.9. The molecule has 7 heteroatoms. The number of aryl methyl sites for hydroxylation is 1. The summed E-state index contributed by atoms with van der Waals surface area (Å²) >= 11 is 0. The third-order valence-corrected chi connectivity index (χ3v) is 5.36. The molecule has 1 amide bonds. The Balaban J connectivity index is 0.00000243. The molecule has 3 rings (SSSR count). The highest BCUT2D eigenvalue weighted by atomic mass is 35.5. The van der Waals surface area contributed by atoms with Crippen LogP contribution in [0.15, 0.2) is 24.3 Å². The van der Waals surface area contributed by atoms with Crippen molar-refractivity contribution in [3.8, 4) is 5.75 Å². The van der Waals surface area contributed by atoms with Gasteiger partial charge < -0.3 is 25.2 Å². The predicted molar refractivity (Wildman–Crippen MR) is 102 cm³/mol. The molecule has 0 radical (unpaired) electrons. The molecule has 1 aromatic rings. The van der Waals surface area contributed by atoms with Crippen molar-refractivity contribution in [2.24, 2.45) is 0 Å². The van der Waals surface area contributed by atoms with E-state index in [2.05, 4.69) is 10.6 Å². The number of para-hydroxylation sites is 1. The minimum absolute atomic E-state index is 0. The van der Waals surface area contributed by atoms with E-state index in [1.807, 2.05) is 38.1 Å². The van der Waals surface area contributed by atoms with Crippen LogP contribution in [0.4, 0.5) is 0 Å². The van der Waals surface area contributed by atoms with Crippen LogP contribution in [0.2, 0.25) is 0 Å². The fourth-order valence-electron chi connectivity index (χ4n) is 3.82. The van der Waals surface area contributed by atoms with Crippen molar-refractivity contribution in [1.82, 2.24) is 10.6 Å². The second-order valence-corrected chi connectivity index (χ2v) is 7.46. The molecule has 0 bridgehead atoms. The van der Waals surface area contributed by atoms with Gasteiger partial charge in [-0.25, -0.2) is 0 Å². The van der Waals surface area contributed by atoms with Crippen molar-refractivity contribution in [2.75, 3.05) is 26.3 Å². The lowest BCUT2D eigenvalue weighted by Gasteiger charge is -2.50. The number of hydrogen-bond acceptors (Lipinski definition) is 5. The zero-order valence-electron chi connectivity index (χ0n) is 15.4. The highest BCUT2D eigenvalue weighted by Gasteiger charge is 2.49. The molecule has 0 unspecified atom stereocenters. The van der Waals surface area contributed by atoms with E-state index in [-0.39, 0.29) is 37.1 Å². The Bertz CT molecular complexity index is 621. The second-order valence-electron chi connectivity index (χ2n) is 7.46. The van der Waals surface area contributed by atoms with Crippen molar-refractivity contribution in [1.29, 1.82) is 0 Å². The second kappa shape index (κ2) is 8.57. The van der Waals surface area contributed by atoms with Crippen molar-refractivity contribution >= 4 is 18.3 Å². The number of amides is 1. The number of halogens is 1. The third kappa shape index (κ3) is 4.68. The average Bonchev–Trinajstić information content (AvgIpc) is 2.59. The lowest BCUT2D eigenvalue weighted by molar-refractivity contribution is -0.174. The Morgan fingerprint density at radius 2 is 2.08 bits per heavy atom. The summed E-state index contributed by atoms with van der Waals surface area (Å²) in [4.78, 5) is 12.4.